The van der Waals surface area contributed by atoms with E-state index < -0.39 is 10.0 Å². The largest absolute Gasteiger partial charge is 0.355 e. The first-order chi connectivity index (χ1) is 10.5. The molecule has 0 fully saturated rings. The Morgan fingerprint density at radius 1 is 1.14 bits per heavy atom. The molecule has 1 amide bonds. The lowest BCUT2D eigenvalue weighted by atomic mass is 9.92. The Labute approximate surface area is 131 Å². The van der Waals surface area contributed by atoms with E-state index in [0.29, 0.717) is 13.1 Å². The van der Waals surface area contributed by atoms with Gasteiger partial charge in [0.15, 0.2) is 0 Å². The van der Waals surface area contributed by atoms with Crippen LogP contribution in [0.1, 0.15) is 30.4 Å². The van der Waals surface area contributed by atoms with Crippen molar-refractivity contribution in [3.05, 3.63) is 29.3 Å². The van der Waals surface area contributed by atoms with E-state index in [2.05, 4.69) is 10.0 Å². The Hall–Kier alpha value is -1.44. The molecule has 0 bridgehead atoms. The van der Waals surface area contributed by atoms with Crippen molar-refractivity contribution in [2.75, 3.05) is 19.6 Å². The second kappa shape index (κ2) is 7.71. The number of benzene rings is 1. The van der Waals surface area contributed by atoms with Gasteiger partial charge in [-0.1, -0.05) is 6.07 Å². The average Bonchev–Trinajstić information content (AvgIpc) is 2.52. The van der Waals surface area contributed by atoms with Crippen LogP contribution in [-0.2, 0) is 27.7 Å². The Morgan fingerprint density at radius 3 is 2.59 bits per heavy atom. The number of rotatable bonds is 7. The summed E-state index contributed by atoms with van der Waals surface area (Å²) in [6, 6.07) is 5.29. The number of sulfonamides is 1. The number of carbonyl (C=O) groups is 1. The van der Waals surface area contributed by atoms with Gasteiger partial charge >= 0.3 is 0 Å². The molecule has 0 saturated carbocycles. The molecule has 1 aliphatic carbocycles. The lowest BCUT2D eigenvalue weighted by Gasteiger charge is -2.16. The summed E-state index contributed by atoms with van der Waals surface area (Å²) in [7, 11) is -3.56. The van der Waals surface area contributed by atoms with Crippen molar-refractivity contribution in [1.29, 1.82) is 0 Å². The van der Waals surface area contributed by atoms with Crippen LogP contribution in [0.3, 0.4) is 0 Å². The zero-order valence-electron chi connectivity index (χ0n) is 12.6. The summed E-state index contributed by atoms with van der Waals surface area (Å²) in [5.41, 5.74) is 7.64. The smallest absolute Gasteiger partial charge is 0.240 e. The van der Waals surface area contributed by atoms with Crippen molar-refractivity contribution in [2.45, 2.75) is 37.0 Å². The van der Waals surface area contributed by atoms with Gasteiger partial charge in [-0.3, -0.25) is 4.79 Å². The van der Waals surface area contributed by atoms with E-state index in [1.165, 1.54) is 5.56 Å². The van der Waals surface area contributed by atoms with Crippen molar-refractivity contribution >= 4 is 15.9 Å². The van der Waals surface area contributed by atoms with Gasteiger partial charge in [0.25, 0.3) is 0 Å². The molecule has 6 nitrogen and oxygen atoms in total. The molecule has 0 saturated heterocycles. The fourth-order valence-corrected chi connectivity index (χ4v) is 3.64. The van der Waals surface area contributed by atoms with Crippen molar-refractivity contribution in [3.63, 3.8) is 0 Å². The van der Waals surface area contributed by atoms with E-state index in [1.54, 1.807) is 12.1 Å². The van der Waals surface area contributed by atoms with Crippen molar-refractivity contribution in [1.82, 2.24) is 10.0 Å². The molecule has 0 unspecified atom stereocenters. The molecule has 0 spiro atoms. The van der Waals surface area contributed by atoms with Gasteiger partial charge in [-0.2, -0.15) is 0 Å². The minimum atomic E-state index is -3.56. The highest BCUT2D eigenvalue weighted by atomic mass is 32.2. The van der Waals surface area contributed by atoms with E-state index in [1.807, 2.05) is 6.07 Å². The fraction of sp³-hybridized carbons (Fsp3) is 0.533. The summed E-state index contributed by atoms with van der Waals surface area (Å²) >= 11 is 0. The number of hydrogen-bond acceptors (Lipinski definition) is 4. The van der Waals surface area contributed by atoms with E-state index in [4.69, 9.17) is 5.73 Å². The third-order valence-electron chi connectivity index (χ3n) is 3.74. The van der Waals surface area contributed by atoms with Crippen molar-refractivity contribution in [2.24, 2.45) is 5.73 Å². The first kappa shape index (κ1) is 16.9. The minimum absolute atomic E-state index is 0.0792. The second-order valence-corrected chi connectivity index (χ2v) is 7.19. The number of nitrogens with two attached hydrogens (primary N) is 1. The predicted molar refractivity (Wildman–Crippen MR) is 85.0 cm³/mol. The highest BCUT2D eigenvalue weighted by molar-refractivity contribution is 7.89. The molecule has 0 radical (unpaired) electrons. The van der Waals surface area contributed by atoms with Crippen LogP contribution in [-0.4, -0.2) is 34.0 Å². The summed E-state index contributed by atoms with van der Waals surface area (Å²) in [6.45, 7) is 0.846. The van der Waals surface area contributed by atoms with Gasteiger partial charge in [0, 0.05) is 26.1 Å². The summed E-state index contributed by atoms with van der Waals surface area (Å²) in [4.78, 5) is 11.7. The van der Waals surface area contributed by atoms with Crippen LogP contribution in [0.5, 0.6) is 0 Å². The maximum absolute atomic E-state index is 12.3. The molecule has 1 aromatic rings. The normalized spacial score (nSPS) is 14.4. The Morgan fingerprint density at radius 2 is 1.86 bits per heavy atom. The number of nitrogens with one attached hydrogen (secondary N) is 2. The molecule has 2 rings (SSSR count). The van der Waals surface area contributed by atoms with Crippen LogP contribution in [0.2, 0.25) is 0 Å². The SMILES string of the molecule is NCCNC(=O)CCNS(=O)(=O)c1ccc2c(c1)CCCC2. The molecule has 122 valence electrons. The number of fused-ring (bicyclic) bond motifs is 1. The van der Waals surface area contributed by atoms with Crippen LogP contribution in [0.15, 0.2) is 23.1 Å². The van der Waals surface area contributed by atoms with Gasteiger partial charge in [-0.05, 0) is 48.9 Å². The van der Waals surface area contributed by atoms with Crippen LogP contribution >= 0.6 is 0 Å². The predicted octanol–water partition coefficient (Wildman–Crippen LogP) is 0.309. The summed E-state index contributed by atoms with van der Waals surface area (Å²) in [6.07, 6.45) is 4.31. The molecular formula is C15H23N3O3S. The van der Waals surface area contributed by atoms with Gasteiger partial charge in [-0.15, -0.1) is 0 Å². The quantitative estimate of drug-likeness (QED) is 0.671. The van der Waals surface area contributed by atoms with Crippen LogP contribution in [0, 0.1) is 0 Å². The van der Waals surface area contributed by atoms with Gasteiger partial charge < -0.3 is 11.1 Å². The van der Waals surface area contributed by atoms with E-state index >= 15 is 0 Å². The molecule has 1 aliphatic rings. The molecule has 0 heterocycles. The maximum Gasteiger partial charge on any atom is 0.240 e. The fourth-order valence-electron chi connectivity index (χ4n) is 2.56. The van der Waals surface area contributed by atoms with Crippen LogP contribution < -0.4 is 15.8 Å². The highest BCUT2D eigenvalue weighted by Gasteiger charge is 2.17. The zero-order chi connectivity index (χ0) is 16.0. The van der Waals surface area contributed by atoms with E-state index in [-0.39, 0.29) is 23.8 Å². The average molecular weight is 325 g/mol. The molecule has 0 aliphatic heterocycles. The van der Waals surface area contributed by atoms with E-state index in [9.17, 15) is 13.2 Å². The lowest BCUT2D eigenvalue weighted by Crippen LogP contribution is -2.33. The lowest BCUT2D eigenvalue weighted by molar-refractivity contribution is -0.120. The molecular weight excluding hydrogens is 302 g/mol. The van der Waals surface area contributed by atoms with Crippen molar-refractivity contribution in [3.8, 4) is 0 Å². The summed E-state index contributed by atoms with van der Waals surface area (Å²) in [5.74, 6) is -0.210. The maximum atomic E-state index is 12.3. The van der Waals surface area contributed by atoms with Gasteiger partial charge in [-0.25, -0.2) is 13.1 Å². The van der Waals surface area contributed by atoms with E-state index in [0.717, 1.165) is 31.2 Å². The number of amides is 1. The Balaban J connectivity index is 1.94. The third-order valence-corrected chi connectivity index (χ3v) is 5.20. The van der Waals surface area contributed by atoms with Gasteiger partial charge in [0.05, 0.1) is 4.90 Å². The molecule has 0 aromatic heterocycles. The summed E-state index contributed by atoms with van der Waals surface area (Å²) < 4.78 is 27.0. The Kier molecular flexibility index (Phi) is 5.93. The molecule has 22 heavy (non-hydrogen) atoms. The molecule has 1 aromatic carbocycles. The van der Waals surface area contributed by atoms with Crippen LogP contribution in [0.25, 0.3) is 0 Å². The molecule has 7 heteroatoms. The summed E-state index contributed by atoms with van der Waals surface area (Å²) in [5, 5.41) is 2.60. The second-order valence-electron chi connectivity index (χ2n) is 5.42. The molecule has 0 atom stereocenters. The number of carbonyl (C=O) groups excluding carboxylic acids is 1. The minimum Gasteiger partial charge on any atom is -0.355 e. The number of aryl methyl sites for hydroxylation is 2. The Bertz CT molecular complexity index is 629. The number of hydrogen-bond donors (Lipinski definition) is 3. The topological polar surface area (TPSA) is 101 Å². The third kappa shape index (κ3) is 4.53. The van der Waals surface area contributed by atoms with Gasteiger partial charge in [0.1, 0.15) is 0 Å². The first-order valence-electron chi connectivity index (χ1n) is 7.61. The zero-order valence-corrected chi connectivity index (χ0v) is 13.4. The monoisotopic (exact) mass is 325 g/mol. The van der Waals surface area contributed by atoms with Crippen molar-refractivity contribution < 1.29 is 13.2 Å². The standard InChI is InChI=1S/C15H23N3O3S/c16-8-10-17-15(19)7-9-18-22(20,21)14-6-5-12-3-1-2-4-13(12)11-14/h5-6,11,18H,1-4,7-10,16H2,(H,17,19). The highest BCUT2D eigenvalue weighted by Crippen LogP contribution is 2.23. The van der Waals surface area contributed by atoms with Crippen LogP contribution in [0.4, 0.5) is 0 Å². The van der Waals surface area contributed by atoms with Gasteiger partial charge in [0.2, 0.25) is 15.9 Å². The first-order valence-corrected chi connectivity index (χ1v) is 9.09. The molecule has 4 N–H and O–H groups in total.